The second-order valence-corrected chi connectivity index (χ2v) is 5.65. The average Bonchev–Trinajstić information content (AvgIpc) is 2.53. The molecule has 6 heteroatoms. The van der Waals surface area contributed by atoms with Gasteiger partial charge in [0.2, 0.25) is 5.91 Å². The summed E-state index contributed by atoms with van der Waals surface area (Å²) in [7, 11) is 0. The zero-order valence-electron chi connectivity index (χ0n) is 12.9. The molecule has 0 saturated carbocycles. The summed E-state index contributed by atoms with van der Waals surface area (Å²) >= 11 is 0. The molecule has 2 aliphatic rings. The third-order valence-corrected chi connectivity index (χ3v) is 3.98. The van der Waals surface area contributed by atoms with Crippen LogP contribution in [-0.4, -0.2) is 55.7 Å². The Kier molecular flexibility index (Phi) is 4.02. The lowest BCUT2D eigenvalue weighted by Crippen LogP contribution is -2.51. The molecule has 2 aliphatic heterocycles. The summed E-state index contributed by atoms with van der Waals surface area (Å²) in [4.78, 5) is 28.2. The van der Waals surface area contributed by atoms with Gasteiger partial charge < -0.3 is 14.4 Å². The molecule has 0 bridgehead atoms. The number of nitrogens with zero attached hydrogens (tertiary/aromatic N) is 2. The molecule has 0 radical (unpaired) electrons. The highest BCUT2D eigenvalue weighted by atomic mass is 16.5. The zero-order valence-corrected chi connectivity index (χ0v) is 12.9. The third-order valence-electron chi connectivity index (χ3n) is 3.98. The Balaban J connectivity index is 1.83. The molecule has 1 aromatic rings. The standard InChI is InChI=1S/C16H20N2O4/c1-11-3-4-14-13(9-11)18(16(20)12(2)22-14)10-15(19)17-5-7-21-8-6-17/h3-4,9,12H,5-8,10H2,1-2H3/t12-/m1/s1. The highest BCUT2D eigenvalue weighted by molar-refractivity contribution is 6.03. The van der Waals surface area contributed by atoms with E-state index in [1.54, 1.807) is 11.8 Å². The number of hydrogen-bond acceptors (Lipinski definition) is 4. The van der Waals surface area contributed by atoms with Crippen molar-refractivity contribution < 1.29 is 19.1 Å². The smallest absolute Gasteiger partial charge is 0.268 e. The maximum Gasteiger partial charge on any atom is 0.268 e. The van der Waals surface area contributed by atoms with Crippen molar-refractivity contribution in [1.29, 1.82) is 0 Å². The average molecular weight is 304 g/mol. The lowest BCUT2D eigenvalue weighted by atomic mass is 10.1. The molecule has 1 aromatic carbocycles. The van der Waals surface area contributed by atoms with Crippen LogP contribution in [0.15, 0.2) is 18.2 Å². The summed E-state index contributed by atoms with van der Waals surface area (Å²) < 4.78 is 10.9. The first-order chi connectivity index (χ1) is 10.6. The van der Waals surface area contributed by atoms with Crippen LogP contribution in [0.3, 0.4) is 0 Å². The van der Waals surface area contributed by atoms with E-state index in [0.717, 1.165) is 5.56 Å². The van der Waals surface area contributed by atoms with Gasteiger partial charge in [-0.15, -0.1) is 0 Å². The van der Waals surface area contributed by atoms with E-state index in [9.17, 15) is 9.59 Å². The largest absolute Gasteiger partial charge is 0.479 e. The molecule has 2 heterocycles. The van der Waals surface area contributed by atoms with Crippen LogP contribution >= 0.6 is 0 Å². The lowest BCUT2D eigenvalue weighted by Gasteiger charge is -2.35. The molecule has 6 nitrogen and oxygen atoms in total. The Morgan fingerprint density at radius 2 is 2.05 bits per heavy atom. The highest BCUT2D eigenvalue weighted by Gasteiger charge is 2.33. The molecule has 118 valence electrons. The summed E-state index contributed by atoms with van der Waals surface area (Å²) in [5.74, 6) is 0.408. The summed E-state index contributed by atoms with van der Waals surface area (Å²) in [5, 5.41) is 0. The molecule has 0 aromatic heterocycles. The number of rotatable bonds is 2. The van der Waals surface area contributed by atoms with Gasteiger partial charge in [0.25, 0.3) is 5.91 Å². The molecule has 3 rings (SSSR count). The summed E-state index contributed by atoms with van der Waals surface area (Å²) in [6.45, 7) is 5.95. The van der Waals surface area contributed by atoms with Gasteiger partial charge in [-0.2, -0.15) is 0 Å². The minimum absolute atomic E-state index is 0.0446. The molecule has 0 aliphatic carbocycles. The summed E-state index contributed by atoms with van der Waals surface area (Å²) in [5.41, 5.74) is 1.69. The second-order valence-electron chi connectivity index (χ2n) is 5.65. The van der Waals surface area contributed by atoms with Gasteiger partial charge in [0.05, 0.1) is 18.9 Å². The number of morpholine rings is 1. The number of fused-ring (bicyclic) bond motifs is 1. The fourth-order valence-corrected chi connectivity index (χ4v) is 2.73. The maximum atomic E-state index is 12.4. The van der Waals surface area contributed by atoms with Crippen LogP contribution in [0.2, 0.25) is 0 Å². The Bertz CT molecular complexity index is 596. The Morgan fingerprint density at radius 1 is 1.32 bits per heavy atom. The number of carbonyl (C=O) groups is 2. The molecule has 2 amide bonds. The van der Waals surface area contributed by atoms with Crippen LogP contribution in [0.4, 0.5) is 5.69 Å². The number of benzene rings is 1. The fourth-order valence-electron chi connectivity index (χ4n) is 2.73. The SMILES string of the molecule is Cc1ccc2c(c1)N(CC(=O)N1CCOCC1)C(=O)[C@@H](C)O2. The van der Waals surface area contributed by atoms with Gasteiger partial charge in [0.1, 0.15) is 12.3 Å². The molecule has 1 fully saturated rings. The van der Waals surface area contributed by atoms with Crippen LogP contribution in [0.1, 0.15) is 12.5 Å². The molecule has 1 saturated heterocycles. The molecule has 22 heavy (non-hydrogen) atoms. The third kappa shape index (κ3) is 2.78. The number of ether oxygens (including phenoxy) is 2. The van der Waals surface area contributed by atoms with Gasteiger partial charge in [-0.25, -0.2) is 0 Å². The Hall–Kier alpha value is -2.08. The molecule has 0 spiro atoms. The first kappa shape index (κ1) is 14.8. The van der Waals surface area contributed by atoms with E-state index in [4.69, 9.17) is 9.47 Å². The first-order valence-electron chi connectivity index (χ1n) is 7.50. The number of aryl methyl sites for hydroxylation is 1. The number of hydrogen-bond donors (Lipinski definition) is 0. The van der Waals surface area contributed by atoms with Crippen LogP contribution in [0.25, 0.3) is 0 Å². The topological polar surface area (TPSA) is 59.1 Å². The van der Waals surface area contributed by atoms with E-state index in [1.165, 1.54) is 4.90 Å². The number of anilines is 1. The first-order valence-corrected chi connectivity index (χ1v) is 7.50. The van der Waals surface area contributed by atoms with Gasteiger partial charge in [0, 0.05) is 13.1 Å². The van der Waals surface area contributed by atoms with Crippen LogP contribution in [0, 0.1) is 6.92 Å². The summed E-state index contributed by atoms with van der Waals surface area (Å²) in [6, 6.07) is 5.66. The van der Waals surface area contributed by atoms with Crippen molar-refractivity contribution in [3.05, 3.63) is 23.8 Å². The normalized spacial score (nSPS) is 21.4. The Labute approximate surface area is 129 Å². The molecular weight excluding hydrogens is 284 g/mol. The van der Waals surface area contributed by atoms with Crippen LogP contribution in [0.5, 0.6) is 5.75 Å². The van der Waals surface area contributed by atoms with E-state index in [-0.39, 0.29) is 18.4 Å². The fraction of sp³-hybridized carbons (Fsp3) is 0.500. The van der Waals surface area contributed by atoms with Gasteiger partial charge in [-0.05, 0) is 31.5 Å². The predicted molar refractivity (Wildman–Crippen MR) is 81.0 cm³/mol. The van der Waals surface area contributed by atoms with E-state index in [2.05, 4.69) is 0 Å². The van der Waals surface area contributed by atoms with Crippen molar-refractivity contribution >= 4 is 17.5 Å². The zero-order chi connectivity index (χ0) is 15.7. The van der Waals surface area contributed by atoms with Crippen molar-refractivity contribution in [2.45, 2.75) is 20.0 Å². The second kappa shape index (κ2) is 5.96. The lowest BCUT2D eigenvalue weighted by molar-refractivity contribution is -0.136. The van der Waals surface area contributed by atoms with E-state index >= 15 is 0 Å². The molecule has 0 unspecified atom stereocenters. The monoisotopic (exact) mass is 304 g/mol. The van der Waals surface area contributed by atoms with Gasteiger partial charge >= 0.3 is 0 Å². The quantitative estimate of drug-likeness (QED) is 0.817. The molecule has 1 atom stereocenters. The van der Waals surface area contributed by atoms with E-state index in [1.807, 2.05) is 25.1 Å². The van der Waals surface area contributed by atoms with Gasteiger partial charge in [-0.1, -0.05) is 6.07 Å². The minimum Gasteiger partial charge on any atom is -0.479 e. The minimum atomic E-state index is -0.576. The van der Waals surface area contributed by atoms with Crippen molar-refractivity contribution in [1.82, 2.24) is 4.90 Å². The number of carbonyl (C=O) groups excluding carboxylic acids is 2. The van der Waals surface area contributed by atoms with Crippen LogP contribution < -0.4 is 9.64 Å². The van der Waals surface area contributed by atoms with Gasteiger partial charge in [0.15, 0.2) is 6.10 Å². The molecule has 0 N–H and O–H groups in total. The molecular formula is C16H20N2O4. The van der Waals surface area contributed by atoms with Crippen molar-refractivity contribution in [2.75, 3.05) is 37.7 Å². The number of amides is 2. The Morgan fingerprint density at radius 3 is 2.77 bits per heavy atom. The van der Waals surface area contributed by atoms with Crippen molar-refractivity contribution in [3.63, 3.8) is 0 Å². The maximum absolute atomic E-state index is 12.4. The van der Waals surface area contributed by atoms with Crippen molar-refractivity contribution in [3.8, 4) is 5.75 Å². The predicted octanol–water partition coefficient (Wildman–Crippen LogP) is 0.968. The van der Waals surface area contributed by atoms with Crippen LogP contribution in [-0.2, 0) is 14.3 Å². The van der Waals surface area contributed by atoms with E-state index in [0.29, 0.717) is 37.7 Å². The highest BCUT2D eigenvalue weighted by Crippen LogP contribution is 2.34. The van der Waals surface area contributed by atoms with E-state index < -0.39 is 6.10 Å². The van der Waals surface area contributed by atoms with Crippen molar-refractivity contribution in [2.24, 2.45) is 0 Å². The van der Waals surface area contributed by atoms with Gasteiger partial charge in [-0.3, -0.25) is 14.5 Å². The summed E-state index contributed by atoms with van der Waals surface area (Å²) in [6.07, 6.45) is -0.576.